The number of hydrogen-bond acceptors (Lipinski definition) is 14. The summed E-state index contributed by atoms with van der Waals surface area (Å²) in [6, 6.07) is 7.49. The molecule has 6 unspecified atom stereocenters. The monoisotopic (exact) mass is 1030 g/mol. The van der Waals surface area contributed by atoms with Crippen LogP contribution in [-0.2, 0) is 73.2 Å². The summed E-state index contributed by atoms with van der Waals surface area (Å²) in [5.41, 5.74) is -1.27. The first-order chi connectivity index (χ1) is 34.7. The Labute approximate surface area is 431 Å². The first kappa shape index (κ1) is 60.5. The van der Waals surface area contributed by atoms with Gasteiger partial charge in [0.25, 0.3) is 0 Å². The summed E-state index contributed by atoms with van der Waals surface area (Å²) in [6.07, 6.45) is 5.24. The average Bonchev–Trinajstić information content (AvgIpc) is 3.97. The molecule has 2 aliphatic heterocycles. The Morgan fingerprint density at radius 3 is 2.01 bits per heavy atom. The standard InChI is InChI=1S/C53H84N6O14/c1-36(49(65)55-39(50(66)73-52(2,3)4)33-37-17-12-10-13-18-37)48(69-9)40-21-16-25-58(40)45(63)34-41(68-8)47(38-19-14-11-15-20-38)57(7)46(64)35-54-51(67)53(5,6)56-42(60)24-27-70-29-31-72-32-30-71-28-26-59-43(61)22-23-44(59)62/h10,12-13,17-18,36,38-41,47-48H,11,14-16,19-35H2,1-9H3,(H,54,67)(H,55,65)(H,56,60). The van der Waals surface area contributed by atoms with E-state index >= 15 is 0 Å². The quantitative estimate of drug-likeness (QED) is 0.0571. The zero-order chi connectivity index (χ0) is 53.7. The number of ether oxygens (including phenoxy) is 6. The van der Waals surface area contributed by atoms with Crippen molar-refractivity contribution in [1.29, 1.82) is 0 Å². The number of likely N-dealkylation sites (N-methyl/N-ethyl adjacent to an activating group) is 1. The van der Waals surface area contributed by atoms with E-state index in [-0.39, 0.29) is 108 Å². The molecule has 2 heterocycles. The Morgan fingerprint density at radius 2 is 1.41 bits per heavy atom. The third-order valence-electron chi connectivity index (χ3n) is 13.8. The van der Waals surface area contributed by atoms with Gasteiger partial charge in [-0.3, -0.25) is 38.5 Å². The zero-order valence-corrected chi connectivity index (χ0v) is 44.8. The molecule has 0 aromatic heterocycles. The molecule has 20 heteroatoms. The number of hydrogen-bond donors (Lipinski definition) is 3. The molecule has 1 saturated carbocycles. The summed E-state index contributed by atoms with van der Waals surface area (Å²) >= 11 is 0. The molecule has 20 nitrogen and oxygen atoms in total. The second kappa shape index (κ2) is 29.8. The van der Waals surface area contributed by atoms with Crippen molar-refractivity contribution in [3.05, 3.63) is 35.9 Å². The maximum Gasteiger partial charge on any atom is 0.329 e. The van der Waals surface area contributed by atoms with Crippen molar-refractivity contribution in [3.63, 3.8) is 0 Å². The van der Waals surface area contributed by atoms with E-state index in [1.807, 2.05) is 30.3 Å². The highest BCUT2D eigenvalue weighted by molar-refractivity contribution is 6.02. The molecule has 3 fully saturated rings. The normalized spacial score (nSPS) is 18.7. The van der Waals surface area contributed by atoms with Gasteiger partial charge in [0.15, 0.2) is 0 Å². The molecule has 6 atom stereocenters. The molecule has 1 aliphatic carbocycles. The Hall–Kier alpha value is -5.02. The van der Waals surface area contributed by atoms with Gasteiger partial charge in [0.2, 0.25) is 41.4 Å². The fourth-order valence-corrected chi connectivity index (χ4v) is 9.85. The SMILES string of the molecule is COC(CC(=O)N1CCCC1C(OC)C(C)C(=O)NC(Cc1ccccc1)C(=O)OC(C)(C)C)C(C1CCCCC1)N(C)C(=O)CNC(=O)C(C)(C)NC(=O)CCOCCOCCOCCN1C(=O)CCC1=O. The van der Waals surface area contributed by atoms with Gasteiger partial charge in [-0.1, -0.05) is 56.5 Å². The van der Waals surface area contributed by atoms with Crippen molar-refractivity contribution in [1.82, 2.24) is 30.7 Å². The summed E-state index contributed by atoms with van der Waals surface area (Å²) in [4.78, 5) is 110. The highest BCUT2D eigenvalue weighted by Crippen LogP contribution is 2.34. The van der Waals surface area contributed by atoms with Gasteiger partial charge in [0.05, 0.1) is 89.4 Å². The van der Waals surface area contributed by atoms with E-state index in [1.54, 1.807) is 58.4 Å². The Morgan fingerprint density at radius 1 is 0.795 bits per heavy atom. The number of benzene rings is 1. The fraction of sp³-hybridized carbons (Fsp3) is 0.736. The molecule has 0 spiro atoms. The fourth-order valence-electron chi connectivity index (χ4n) is 9.85. The van der Waals surface area contributed by atoms with Crippen LogP contribution in [0.4, 0.5) is 0 Å². The van der Waals surface area contributed by atoms with Crippen LogP contribution in [0.25, 0.3) is 0 Å². The van der Waals surface area contributed by atoms with E-state index in [2.05, 4.69) is 16.0 Å². The van der Waals surface area contributed by atoms with Crippen molar-refractivity contribution in [3.8, 4) is 0 Å². The van der Waals surface area contributed by atoms with E-state index < -0.39 is 71.1 Å². The summed E-state index contributed by atoms with van der Waals surface area (Å²) < 4.78 is 34.2. The minimum Gasteiger partial charge on any atom is -0.458 e. The van der Waals surface area contributed by atoms with Crippen molar-refractivity contribution in [2.24, 2.45) is 11.8 Å². The molecule has 2 saturated heterocycles. The van der Waals surface area contributed by atoms with Gasteiger partial charge in [-0.2, -0.15) is 0 Å². The predicted molar refractivity (Wildman–Crippen MR) is 269 cm³/mol. The number of rotatable bonds is 30. The molecule has 7 amide bonds. The largest absolute Gasteiger partial charge is 0.458 e. The van der Waals surface area contributed by atoms with Gasteiger partial charge in [0.1, 0.15) is 17.2 Å². The summed E-state index contributed by atoms with van der Waals surface area (Å²) in [7, 11) is 4.72. The number of nitrogens with one attached hydrogen (secondary N) is 3. The van der Waals surface area contributed by atoms with Crippen LogP contribution in [0.3, 0.4) is 0 Å². The van der Waals surface area contributed by atoms with Crippen LogP contribution in [0.2, 0.25) is 0 Å². The Bertz CT molecular complexity index is 1960. The van der Waals surface area contributed by atoms with E-state index in [4.69, 9.17) is 28.4 Å². The van der Waals surface area contributed by atoms with Crippen LogP contribution in [0.1, 0.15) is 118 Å². The topological polar surface area (TPSA) is 238 Å². The van der Waals surface area contributed by atoms with Gasteiger partial charge < -0.3 is 54.2 Å². The lowest BCUT2D eigenvalue weighted by molar-refractivity contribution is -0.159. The number of carbonyl (C=O) groups excluding carboxylic acids is 8. The lowest BCUT2D eigenvalue weighted by Crippen LogP contribution is -2.58. The zero-order valence-electron chi connectivity index (χ0n) is 44.8. The summed E-state index contributed by atoms with van der Waals surface area (Å²) in [5, 5.41) is 8.33. The molecule has 3 N–H and O–H groups in total. The van der Waals surface area contributed by atoms with E-state index in [9.17, 15) is 38.4 Å². The number of likely N-dealkylation sites (tertiary alicyclic amines) is 2. The van der Waals surface area contributed by atoms with Crippen molar-refractivity contribution in [2.75, 3.05) is 80.5 Å². The molecule has 73 heavy (non-hydrogen) atoms. The Kier molecular flexibility index (Phi) is 24.7. The van der Waals surface area contributed by atoms with Crippen LogP contribution >= 0.6 is 0 Å². The smallest absolute Gasteiger partial charge is 0.329 e. The molecule has 410 valence electrons. The van der Waals surface area contributed by atoms with Crippen LogP contribution in [0.5, 0.6) is 0 Å². The third-order valence-corrected chi connectivity index (χ3v) is 13.8. The molecule has 0 bridgehead atoms. The Balaban J connectivity index is 1.27. The highest BCUT2D eigenvalue weighted by atomic mass is 16.6. The molecular weight excluding hydrogens is 945 g/mol. The number of imide groups is 1. The number of amides is 7. The first-order valence-electron chi connectivity index (χ1n) is 26.0. The van der Waals surface area contributed by atoms with Crippen molar-refractivity contribution in [2.45, 2.75) is 160 Å². The van der Waals surface area contributed by atoms with Crippen molar-refractivity contribution >= 4 is 47.3 Å². The van der Waals surface area contributed by atoms with Gasteiger partial charge >= 0.3 is 5.97 Å². The second-order valence-electron chi connectivity index (χ2n) is 20.8. The predicted octanol–water partition coefficient (Wildman–Crippen LogP) is 3.11. The molecule has 3 aliphatic rings. The maximum atomic E-state index is 14.4. The number of nitrogens with zero attached hydrogens (tertiary/aromatic N) is 3. The highest BCUT2D eigenvalue weighted by Gasteiger charge is 2.44. The van der Waals surface area contributed by atoms with Gasteiger partial charge in [-0.25, -0.2) is 4.79 Å². The van der Waals surface area contributed by atoms with Crippen LogP contribution in [0.15, 0.2) is 30.3 Å². The molecule has 1 aromatic rings. The minimum atomic E-state index is -1.36. The lowest BCUT2D eigenvalue weighted by atomic mass is 9.80. The van der Waals surface area contributed by atoms with E-state index in [0.29, 0.717) is 26.0 Å². The molecule has 4 rings (SSSR count). The van der Waals surface area contributed by atoms with E-state index in [1.165, 1.54) is 19.1 Å². The third kappa shape index (κ3) is 19.3. The number of carbonyl (C=O) groups is 8. The van der Waals surface area contributed by atoms with Gasteiger partial charge in [0, 0.05) is 53.5 Å². The van der Waals surface area contributed by atoms with Crippen LogP contribution < -0.4 is 16.0 Å². The summed E-state index contributed by atoms with van der Waals surface area (Å²) in [6.45, 7) is 11.8. The van der Waals surface area contributed by atoms with Crippen molar-refractivity contribution < 1.29 is 66.8 Å². The average molecular weight is 1030 g/mol. The van der Waals surface area contributed by atoms with Crippen LogP contribution in [0, 0.1) is 11.8 Å². The van der Waals surface area contributed by atoms with Crippen LogP contribution in [-0.4, -0.2) is 184 Å². The van der Waals surface area contributed by atoms with E-state index in [0.717, 1.165) is 37.7 Å². The molecule has 1 aromatic carbocycles. The second-order valence-corrected chi connectivity index (χ2v) is 20.8. The molecular formula is C53H84N6O14. The minimum absolute atomic E-state index is 0.0141. The van der Waals surface area contributed by atoms with Gasteiger partial charge in [-0.05, 0) is 71.8 Å². The van der Waals surface area contributed by atoms with Gasteiger partial charge in [-0.15, -0.1) is 0 Å². The first-order valence-corrected chi connectivity index (χ1v) is 26.0. The number of esters is 1. The lowest BCUT2D eigenvalue weighted by Gasteiger charge is -2.41. The molecule has 0 radical (unpaired) electrons. The maximum absolute atomic E-state index is 14.4. The summed E-state index contributed by atoms with van der Waals surface area (Å²) in [5.74, 6) is -3.59. The number of methoxy groups -OCH3 is 2.